The van der Waals surface area contributed by atoms with Gasteiger partial charge in [-0.15, -0.1) is 0 Å². The Morgan fingerprint density at radius 2 is 1.89 bits per heavy atom. The standard InChI is InChI=1S/C16H32N2/c1-4-15-12-18(13(3)11-17-15)16(5-2)14-9-7-6-8-10-14/h13-17H,4-12H2,1-3H3. The summed E-state index contributed by atoms with van der Waals surface area (Å²) in [7, 11) is 0. The highest BCUT2D eigenvalue weighted by molar-refractivity contribution is 4.90. The van der Waals surface area contributed by atoms with E-state index in [1.807, 2.05) is 0 Å². The second-order valence-corrected chi connectivity index (χ2v) is 6.43. The maximum Gasteiger partial charge on any atom is 0.0196 e. The van der Waals surface area contributed by atoms with Gasteiger partial charge in [0.05, 0.1) is 0 Å². The van der Waals surface area contributed by atoms with Crippen molar-refractivity contribution in [2.75, 3.05) is 13.1 Å². The monoisotopic (exact) mass is 252 g/mol. The number of hydrogen-bond donors (Lipinski definition) is 1. The molecule has 1 saturated heterocycles. The summed E-state index contributed by atoms with van der Waals surface area (Å²) in [6, 6.07) is 2.29. The Labute approximate surface area is 114 Å². The fraction of sp³-hybridized carbons (Fsp3) is 1.00. The Morgan fingerprint density at radius 1 is 1.17 bits per heavy atom. The van der Waals surface area contributed by atoms with Crippen LogP contribution in [0.5, 0.6) is 0 Å². The van der Waals surface area contributed by atoms with E-state index in [0.717, 1.165) is 24.0 Å². The fourth-order valence-corrected chi connectivity index (χ4v) is 4.05. The molecule has 2 aliphatic rings. The molecule has 1 saturated carbocycles. The van der Waals surface area contributed by atoms with Gasteiger partial charge in [0.25, 0.3) is 0 Å². The molecule has 1 aliphatic carbocycles. The molecule has 1 heterocycles. The van der Waals surface area contributed by atoms with Crippen LogP contribution in [0, 0.1) is 5.92 Å². The van der Waals surface area contributed by atoms with Crippen LogP contribution in [0.3, 0.4) is 0 Å². The van der Waals surface area contributed by atoms with Crippen LogP contribution < -0.4 is 5.32 Å². The molecule has 0 radical (unpaired) electrons. The lowest BCUT2D eigenvalue weighted by Gasteiger charge is -2.46. The van der Waals surface area contributed by atoms with Crippen LogP contribution in [0.2, 0.25) is 0 Å². The van der Waals surface area contributed by atoms with E-state index in [1.165, 1.54) is 58.0 Å². The third-order valence-corrected chi connectivity index (χ3v) is 5.23. The van der Waals surface area contributed by atoms with Gasteiger partial charge in [-0.2, -0.15) is 0 Å². The number of nitrogens with zero attached hydrogens (tertiary/aromatic N) is 1. The maximum absolute atomic E-state index is 3.69. The molecule has 0 aromatic rings. The predicted molar refractivity (Wildman–Crippen MR) is 78.9 cm³/mol. The summed E-state index contributed by atoms with van der Waals surface area (Å²) < 4.78 is 0. The van der Waals surface area contributed by atoms with Crippen LogP contribution in [-0.2, 0) is 0 Å². The highest BCUT2D eigenvalue weighted by Crippen LogP contribution is 2.32. The van der Waals surface area contributed by atoms with Crippen molar-refractivity contribution in [2.24, 2.45) is 5.92 Å². The second kappa shape index (κ2) is 6.91. The van der Waals surface area contributed by atoms with Gasteiger partial charge in [0.2, 0.25) is 0 Å². The average Bonchev–Trinajstić information content (AvgIpc) is 2.43. The van der Waals surface area contributed by atoms with Crippen LogP contribution >= 0.6 is 0 Å². The van der Waals surface area contributed by atoms with E-state index >= 15 is 0 Å². The van der Waals surface area contributed by atoms with Crippen molar-refractivity contribution in [3.63, 3.8) is 0 Å². The summed E-state index contributed by atoms with van der Waals surface area (Å²) in [6.07, 6.45) is 9.98. The molecule has 1 N–H and O–H groups in total. The molecule has 0 amide bonds. The number of hydrogen-bond acceptors (Lipinski definition) is 2. The van der Waals surface area contributed by atoms with Crippen LogP contribution in [0.25, 0.3) is 0 Å². The molecule has 2 nitrogen and oxygen atoms in total. The first-order chi connectivity index (χ1) is 8.76. The van der Waals surface area contributed by atoms with E-state index in [1.54, 1.807) is 0 Å². The lowest BCUT2D eigenvalue weighted by atomic mass is 9.81. The summed E-state index contributed by atoms with van der Waals surface area (Å²) in [6.45, 7) is 9.57. The molecule has 2 fully saturated rings. The Balaban J connectivity index is 1.99. The molecule has 0 bridgehead atoms. The summed E-state index contributed by atoms with van der Waals surface area (Å²) in [5, 5.41) is 3.69. The minimum Gasteiger partial charge on any atom is -0.311 e. The normalized spacial score (nSPS) is 33.5. The van der Waals surface area contributed by atoms with Crippen LogP contribution in [0.15, 0.2) is 0 Å². The highest BCUT2D eigenvalue weighted by atomic mass is 15.3. The highest BCUT2D eigenvalue weighted by Gasteiger charge is 2.33. The largest absolute Gasteiger partial charge is 0.311 e. The zero-order valence-electron chi connectivity index (χ0n) is 12.6. The van der Waals surface area contributed by atoms with Crippen LogP contribution in [-0.4, -0.2) is 36.1 Å². The van der Waals surface area contributed by atoms with Crippen molar-refractivity contribution in [1.82, 2.24) is 10.2 Å². The number of piperazine rings is 1. The quantitative estimate of drug-likeness (QED) is 0.825. The molecule has 1 aliphatic heterocycles. The molecule has 0 aromatic carbocycles. The minimum absolute atomic E-state index is 0.721. The van der Waals surface area contributed by atoms with E-state index in [9.17, 15) is 0 Å². The molecule has 2 rings (SSSR count). The summed E-state index contributed by atoms with van der Waals surface area (Å²) in [5.41, 5.74) is 0. The molecular formula is C16H32N2. The molecule has 106 valence electrons. The minimum atomic E-state index is 0.721. The lowest BCUT2D eigenvalue weighted by Crippen LogP contribution is -2.59. The molecule has 18 heavy (non-hydrogen) atoms. The van der Waals surface area contributed by atoms with Crippen LogP contribution in [0.1, 0.15) is 65.7 Å². The topological polar surface area (TPSA) is 15.3 Å². The molecule has 0 spiro atoms. The number of rotatable bonds is 4. The van der Waals surface area contributed by atoms with Crippen molar-refractivity contribution in [2.45, 2.75) is 83.8 Å². The van der Waals surface area contributed by atoms with E-state index in [4.69, 9.17) is 0 Å². The first-order valence-electron chi connectivity index (χ1n) is 8.25. The van der Waals surface area contributed by atoms with Gasteiger partial charge in [-0.05, 0) is 38.5 Å². The maximum atomic E-state index is 3.69. The zero-order valence-corrected chi connectivity index (χ0v) is 12.6. The molecule has 3 unspecified atom stereocenters. The van der Waals surface area contributed by atoms with Gasteiger partial charge >= 0.3 is 0 Å². The third kappa shape index (κ3) is 3.27. The Morgan fingerprint density at radius 3 is 2.50 bits per heavy atom. The molecule has 2 heteroatoms. The molecule has 0 aromatic heterocycles. The zero-order chi connectivity index (χ0) is 13.0. The van der Waals surface area contributed by atoms with Gasteiger partial charge in [-0.1, -0.05) is 33.1 Å². The van der Waals surface area contributed by atoms with Crippen molar-refractivity contribution < 1.29 is 0 Å². The van der Waals surface area contributed by atoms with Crippen molar-refractivity contribution in [1.29, 1.82) is 0 Å². The summed E-state index contributed by atoms with van der Waals surface area (Å²) >= 11 is 0. The number of nitrogens with one attached hydrogen (secondary N) is 1. The first-order valence-corrected chi connectivity index (χ1v) is 8.25. The Hall–Kier alpha value is -0.0800. The molecular weight excluding hydrogens is 220 g/mol. The summed E-state index contributed by atoms with van der Waals surface area (Å²) in [5.74, 6) is 0.974. The third-order valence-electron chi connectivity index (χ3n) is 5.23. The Kier molecular flexibility index (Phi) is 5.50. The smallest absolute Gasteiger partial charge is 0.0196 e. The van der Waals surface area contributed by atoms with Gasteiger partial charge in [-0.25, -0.2) is 0 Å². The van der Waals surface area contributed by atoms with Gasteiger partial charge < -0.3 is 5.32 Å². The first kappa shape index (κ1) is 14.3. The van der Waals surface area contributed by atoms with E-state index < -0.39 is 0 Å². The van der Waals surface area contributed by atoms with Crippen molar-refractivity contribution in [3.8, 4) is 0 Å². The summed E-state index contributed by atoms with van der Waals surface area (Å²) in [4.78, 5) is 2.83. The second-order valence-electron chi connectivity index (χ2n) is 6.43. The fourth-order valence-electron chi connectivity index (χ4n) is 4.05. The van der Waals surface area contributed by atoms with Crippen molar-refractivity contribution >= 4 is 0 Å². The van der Waals surface area contributed by atoms with E-state index in [2.05, 4.69) is 31.0 Å². The van der Waals surface area contributed by atoms with E-state index in [0.29, 0.717) is 0 Å². The van der Waals surface area contributed by atoms with Gasteiger partial charge in [-0.3, -0.25) is 4.90 Å². The SMILES string of the molecule is CCC1CN(C(CC)C2CCCCC2)C(C)CN1. The van der Waals surface area contributed by atoms with Crippen molar-refractivity contribution in [3.05, 3.63) is 0 Å². The lowest BCUT2D eigenvalue weighted by molar-refractivity contribution is 0.0439. The Bertz CT molecular complexity index is 235. The van der Waals surface area contributed by atoms with E-state index in [-0.39, 0.29) is 0 Å². The average molecular weight is 252 g/mol. The van der Waals surface area contributed by atoms with Gasteiger partial charge in [0.15, 0.2) is 0 Å². The molecule has 3 atom stereocenters. The predicted octanol–water partition coefficient (Wildman–Crippen LogP) is 3.42. The van der Waals surface area contributed by atoms with Gasteiger partial charge in [0, 0.05) is 31.2 Å². The van der Waals surface area contributed by atoms with Gasteiger partial charge in [0.1, 0.15) is 0 Å². The van der Waals surface area contributed by atoms with Crippen LogP contribution in [0.4, 0.5) is 0 Å².